The average molecular weight is 340 g/mol. The highest BCUT2D eigenvalue weighted by molar-refractivity contribution is 7.92. The fraction of sp³-hybridized carbons (Fsp3) is 0.308. The first-order chi connectivity index (χ1) is 10.7. The molecular formula is C13H16N4O5S. The van der Waals surface area contributed by atoms with Crippen molar-refractivity contribution >= 4 is 21.4 Å². The summed E-state index contributed by atoms with van der Waals surface area (Å²) in [7, 11) is -1.10. The minimum Gasteiger partial charge on any atom is -0.495 e. The molecule has 0 saturated heterocycles. The van der Waals surface area contributed by atoms with Crippen LogP contribution < -0.4 is 9.46 Å². The number of sulfonamides is 1. The van der Waals surface area contributed by atoms with Gasteiger partial charge >= 0.3 is 0 Å². The number of nitrogens with zero attached hydrogens (tertiary/aromatic N) is 3. The average Bonchev–Trinajstić information content (AvgIpc) is 2.72. The van der Waals surface area contributed by atoms with Crippen molar-refractivity contribution in [3.8, 4) is 5.75 Å². The first kappa shape index (κ1) is 16.7. The van der Waals surface area contributed by atoms with Gasteiger partial charge in [-0.2, -0.15) is 5.10 Å². The van der Waals surface area contributed by atoms with E-state index in [1.54, 1.807) is 20.9 Å². The lowest BCUT2D eigenvalue weighted by molar-refractivity contribution is -0.385. The summed E-state index contributed by atoms with van der Waals surface area (Å²) in [6.45, 7) is 3.37. The van der Waals surface area contributed by atoms with Gasteiger partial charge in [-0.25, -0.2) is 8.42 Å². The van der Waals surface area contributed by atoms with Gasteiger partial charge in [0, 0.05) is 19.2 Å². The highest BCUT2D eigenvalue weighted by Gasteiger charge is 2.25. The van der Waals surface area contributed by atoms with Crippen molar-refractivity contribution in [2.75, 3.05) is 11.8 Å². The van der Waals surface area contributed by atoms with E-state index >= 15 is 0 Å². The second-order valence-electron chi connectivity index (χ2n) is 4.87. The summed E-state index contributed by atoms with van der Waals surface area (Å²) >= 11 is 0. The molecule has 1 aromatic heterocycles. The molecule has 1 heterocycles. The van der Waals surface area contributed by atoms with E-state index in [9.17, 15) is 18.5 Å². The van der Waals surface area contributed by atoms with Crippen molar-refractivity contribution in [3.05, 3.63) is 39.7 Å². The van der Waals surface area contributed by atoms with E-state index < -0.39 is 14.9 Å². The number of rotatable bonds is 5. The molecule has 0 radical (unpaired) electrons. The number of aryl methyl sites for hydroxylation is 2. The van der Waals surface area contributed by atoms with Crippen LogP contribution in [0.4, 0.5) is 11.4 Å². The van der Waals surface area contributed by atoms with Crippen molar-refractivity contribution in [2.45, 2.75) is 18.7 Å². The molecule has 0 atom stereocenters. The van der Waals surface area contributed by atoms with E-state index in [1.165, 1.54) is 23.9 Å². The van der Waals surface area contributed by atoms with Gasteiger partial charge in [-0.1, -0.05) is 0 Å². The Morgan fingerprint density at radius 2 is 2.00 bits per heavy atom. The number of aromatic nitrogens is 2. The number of hydrogen-bond donors (Lipinski definition) is 1. The van der Waals surface area contributed by atoms with E-state index in [0.29, 0.717) is 17.1 Å². The Kier molecular flexibility index (Phi) is 4.28. The fourth-order valence-corrected chi connectivity index (χ4v) is 3.47. The predicted octanol–water partition coefficient (Wildman–Crippen LogP) is 1.75. The van der Waals surface area contributed by atoms with Crippen LogP contribution in [-0.4, -0.2) is 30.2 Å². The highest BCUT2D eigenvalue weighted by atomic mass is 32.2. The Balaban J connectivity index is 2.55. The Hall–Kier alpha value is -2.62. The zero-order chi connectivity index (χ0) is 17.4. The van der Waals surface area contributed by atoms with Gasteiger partial charge in [0.1, 0.15) is 10.6 Å². The first-order valence-electron chi connectivity index (χ1n) is 6.53. The molecule has 1 N–H and O–H groups in total. The largest absolute Gasteiger partial charge is 0.495 e. The van der Waals surface area contributed by atoms with Gasteiger partial charge in [-0.15, -0.1) is 0 Å². The summed E-state index contributed by atoms with van der Waals surface area (Å²) in [5, 5.41) is 15.0. The number of non-ortho nitro benzene ring substituents is 1. The van der Waals surface area contributed by atoms with Gasteiger partial charge in [0.25, 0.3) is 15.7 Å². The first-order valence-corrected chi connectivity index (χ1v) is 8.01. The summed E-state index contributed by atoms with van der Waals surface area (Å²) in [6, 6.07) is 3.39. The van der Waals surface area contributed by atoms with Crippen molar-refractivity contribution in [1.82, 2.24) is 9.78 Å². The summed E-state index contributed by atoms with van der Waals surface area (Å²) in [6.07, 6.45) is 0. The van der Waals surface area contributed by atoms with E-state index in [0.717, 1.165) is 6.07 Å². The smallest absolute Gasteiger partial charge is 0.271 e. The topological polar surface area (TPSA) is 116 Å². The predicted molar refractivity (Wildman–Crippen MR) is 83.1 cm³/mol. The molecule has 0 aliphatic carbocycles. The van der Waals surface area contributed by atoms with Crippen LogP contribution in [0.1, 0.15) is 11.4 Å². The molecule has 9 nitrogen and oxygen atoms in total. The number of methoxy groups -OCH3 is 1. The second-order valence-corrected chi connectivity index (χ2v) is 6.52. The fourth-order valence-electron chi connectivity index (χ4n) is 2.10. The van der Waals surface area contributed by atoms with Crippen LogP contribution in [0.3, 0.4) is 0 Å². The second kappa shape index (κ2) is 5.88. The summed E-state index contributed by atoms with van der Waals surface area (Å²) in [5.41, 5.74) is 1.11. The van der Waals surface area contributed by atoms with Crippen molar-refractivity contribution in [3.63, 3.8) is 0 Å². The van der Waals surface area contributed by atoms with Gasteiger partial charge in [0.2, 0.25) is 0 Å². The molecule has 0 amide bonds. The Labute approximate surface area is 133 Å². The third-order valence-electron chi connectivity index (χ3n) is 3.39. The number of hydrogen-bond acceptors (Lipinski definition) is 6. The Morgan fingerprint density at radius 1 is 1.35 bits per heavy atom. The van der Waals surface area contributed by atoms with Gasteiger partial charge < -0.3 is 4.74 Å². The van der Waals surface area contributed by atoms with E-state index in [4.69, 9.17) is 4.74 Å². The number of nitro groups is 1. The lowest BCUT2D eigenvalue weighted by Crippen LogP contribution is -2.15. The van der Waals surface area contributed by atoms with E-state index in [1.807, 2.05) is 0 Å². The van der Waals surface area contributed by atoms with Crippen molar-refractivity contribution in [1.29, 1.82) is 0 Å². The lowest BCUT2D eigenvalue weighted by Gasteiger charge is -2.11. The zero-order valence-electron chi connectivity index (χ0n) is 13.0. The van der Waals surface area contributed by atoms with Gasteiger partial charge in [-0.3, -0.25) is 19.5 Å². The van der Waals surface area contributed by atoms with Crippen LogP contribution in [-0.2, 0) is 17.1 Å². The summed E-state index contributed by atoms with van der Waals surface area (Å²) in [4.78, 5) is 9.91. The minimum atomic E-state index is -4.08. The number of nitro benzene ring substituents is 1. The third kappa shape index (κ3) is 3.11. The van der Waals surface area contributed by atoms with Crippen LogP contribution in [0, 0.1) is 24.0 Å². The molecule has 2 aromatic rings. The van der Waals surface area contributed by atoms with Crippen LogP contribution in [0.5, 0.6) is 5.75 Å². The maximum atomic E-state index is 12.6. The van der Waals surface area contributed by atoms with Gasteiger partial charge in [0.05, 0.1) is 29.1 Å². The molecule has 0 bridgehead atoms. The third-order valence-corrected chi connectivity index (χ3v) is 4.76. The summed E-state index contributed by atoms with van der Waals surface area (Å²) in [5.74, 6) is 0.0160. The van der Waals surface area contributed by atoms with Crippen LogP contribution >= 0.6 is 0 Å². The highest BCUT2D eigenvalue weighted by Crippen LogP contribution is 2.31. The molecule has 2 rings (SSSR count). The van der Waals surface area contributed by atoms with Crippen LogP contribution in [0.25, 0.3) is 0 Å². The van der Waals surface area contributed by atoms with E-state index in [2.05, 4.69) is 9.82 Å². The molecule has 0 spiro atoms. The summed E-state index contributed by atoms with van der Waals surface area (Å²) < 4.78 is 34.2. The van der Waals surface area contributed by atoms with Gasteiger partial charge in [0.15, 0.2) is 0 Å². The quantitative estimate of drug-likeness (QED) is 0.655. The maximum Gasteiger partial charge on any atom is 0.271 e. The molecule has 124 valence electrons. The van der Waals surface area contributed by atoms with Crippen molar-refractivity contribution < 1.29 is 18.1 Å². The monoisotopic (exact) mass is 340 g/mol. The molecule has 0 fully saturated rings. The zero-order valence-corrected chi connectivity index (χ0v) is 13.8. The molecular weight excluding hydrogens is 324 g/mol. The maximum absolute atomic E-state index is 12.6. The van der Waals surface area contributed by atoms with Gasteiger partial charge in [-0.05, 0) is 19.9 Å². The number of ether oxygens (including phenoxy) is 1. The van der Waals surface area contributed by atoms with E-state index in [-0.39, 0.29) is 16.3 Å². The minimum absolute atomic E-state index is 0.0160. The van der Waals surface area contributed by atoms with Crippen molar-refractivity contribution in [2.24, 2.45) is 7.05 Å². The molecule has 0 unspecified atom stereocenters. The lowest BCUT2D eigenvalue weighted by atomic mass is 10.3. The number of benzene rings is 1. The molecule has 0 saturated carbocycles. The number of anilines is 1. The molecule has 0 aliphatic rings. The standard InChI is InChI=1S/C13H16N4O5S/c1-8-13(9(2)16(3)14-8)15-23(20,21)12-7-10(17(18)19)5-6-11(12)22-4/h5-7,15H,1-4H3. The SMILES string of the molecule is COc1ccc([N+](=O)[O-])cc1S(=O)(=O)Nc1c(C)nn(C)c1C. The Bertz CT molecular complexity index is 873. The van der Waals surface area contributed by atoms with Crippen LogP contribution in [0.2, 0.25) is 0 Å². The molecule has 1 aromatic carbocycles. The van der Waals surface area contributed by atoms with Crippen LogP contribution in [0.15, 0.2) is 23.1 Å². The number of nitrogens with one attached hydrogen (secondary N) is 1. The molecule has 10 heteroatoms. The normalized spacial score (nSPS) is 11.3. The molecule has 23 heavy (non-hydrogen) atoms. The molecule has 0 aliphatic heterocycles. The Morgan fingerprint density at radius 3 is 2.48 bits per heavy atom.